The van der Waals surface area contributed by atoms with E-state index in [0.717, 1.165) is 13.0 Å². The number of hydrogen-bond donors (Lipinski definition) is 0. The van der Waals surface area contributed by atoms with Gasteiger partial charge in [-0.2, -0.15) is 0 Å². The third-order valence-electron chi connectivity index (χ3n) is 1.52. The van der Waals surface area contributed by atoms with Crippen LogP contribution < -0.4 is 4.74 Å². The van der Waals surface area contributed by atoms with Crippen molar-refractivity contribution in [2.75, 3.05) is 19.8 Å². The molecule has 0 spiro atoms. The summed E-state index contributed by atoms with van der Waals surface area (Å²) in [6.07, 6.45) is 1.02. The Balaban J connectivity index is 2.18. The topological polar surface area (TPSA) is 31.4 Å². The quantitative estimate of drug-likeness (QED) is 0.540. The van der Waals surface area contributed by atoms with Crippen molar-refractivity contribution in [3.63, 3.8) is 0 Å². The normalized spacial score (nSPS) is 10.1. The van der Waals surface area contributed by atoms with E-state index >= 15 is 0 Å². The molecule has 0 aliphatic heterocycles. The first-order valence-electron chi connectivity index (χ1n) is 4.66. The first kappa shape index (κ1) is 11.3. The van der Waals surface area contributed by atoms with Gasteiger partial charge in [0, 0.05) is 12.7 Å². The van der Waals surface area contributed by atoms with Crippen LogP contribution in [-0.2, 0) is 4.74 Å². The lowest BCUT2D eigenvalue weighted by Gasteiger charge is -2.05. The van der Waals surface area contributed by atoms with Crippen LogP contribution in [0.1, 0.15) is 13.3 Å². The molecular weight excluding hydrogens is 202 g/mol. The van der Waals surface area contributed by atoms with E-state index in [1.807, 2.05) is 0 Å². The molecule has 0 aliphatic carbocycles. The average Bonchev–Trinajstić information content (AvgIpc) is 2.18. The van der Waals surface area contributed by atoms with Crippen molar-refractivity contribution in [3.05, 3.63) is 23.4 Å². The van der Waals surface area contributed by atoms with Crippen LogP contribution in [0.3, 0.4) is 0 Å². The van der Waals surface area contributed by atoms with Gasteiger partial charge in [-0.15, -0.1) is 0 Å². The third-order valence-corrected chi connectivity index (χ3v) is 1.73. The number of halogens is 1. The van der Waals surface area contributed by atoms with E-state index < -0.39 is 0 Å². The predicted molar refractivity (Wildman–Crippen MR) is 55.9 cm³/mol. The Morgan fingerprint density at radius 3 is 2.86 bits per heavy atom. The van der Waals surface area contributed by atoms with Crippen molar-refractivity contribution in [3.8, 4) is 5.88 Å². The van der Waals surface area contributed by atoms with Crippen molar-refractivity contribution in [2.24, 2.45) is 0 Å². The summed E-state index contributed by atoms with van der Waals surface area (Å²) < 4.78 is 10.6. The van der Waals surface area contributed by atoms with Crippen molar-refractivity contribution in [1.82, 2.24) is 4.98 Å². The maximum Gasteiger partial charge on any atom is 0.214 e. The van der Waals surface area contributed by atoms with Crippen molar-refractivity contribution in [1.29, 1.82) is 0 Å². The zero-order valence-electron chi connectivity index (χ0n) is 8.20. The van der Waals surface area contributed by atoms with Crippen molar-refractivity contribution < 1.29 is 9.47 Å². The highest BCUT2D eigenvalue weighted by atomic mass is 35.5. The molecule has 0 saturated heterocycles. The van der Waals surface area contributed by atoms with Crippen LogP contribution in [0.5, 0.6) is 5.88 Å². The molecule has 0 radical (unpaired) electrons. The largest absolute Gasteiger partial charge is 0.475 e. The molecule has 3 nitrogen and oxygen atoms in total. The van der Waals surface area contributed by atoms with E-state index in [-0.39, 0.29) is 0 Å². The number of pyridine rings is 1. The summed E-state index contributed by atoms with van der Waals surface area (Å²) >= 11 is 5.69. The number of aromatic nitrogens is 1. The Morgan fingerprint density at radius 2 is 2.14 bits per heavy atom. The van der Waals surface area contributed by atoms with Gasteiger partial charge in [-0.1, -0.05) is 24.6 Å². The van der Waals surface area contributed by atoms with Gasteiger partial charge in [0.1, 0.15) is 11.8 Å². The second-order valence-corrected chi connectivity index (χ2v) is 3.15. The van der Waals surface area contributed by atoms with Crippen LogP contribution in [0.15, 0.2) is 18.2 Å². The van der Waals surface area contributed by atoms with Crippen LogP contribution in [-0.4, -0.2) is 24.8 Å². The fraction of sp³-hybridized carbons (Fsp3) is 0.500. The number of ether oxygens (including phenoxy) is 2. The van der Waals surface area contributed by atoms with Crippen LogP contribution in [0.25, 0.3) is 0 Å². The third kappa shape index (κ3) is 4.44. The molecule has 78 valence electrons. The summed E-state index contributed by atoms with van der Waals surface area (Å²) in [4.78, 5) is 3.98. The second kappa shape index (κ2) is 6.62. The molecule has 0 saturated carbocycles. The molecule has 0 aromatic carbocycles. The van der Waals surface area contributed by atoms with Crippen LogP contribution >= 0.6 is 11.6 Å². The zero-order valence-corrected chi connectivity index (χ0v) is 8.96. The van der Waals surface area contributed by atoms with E-state index in [2.05, 4.69) is 11.9 Å². The highest BCUT2D eigenvalue weighted by molar-refractivity contribution is 6.29. The lowest BCUT2D eigenvalue weighted by Crippen LogP contribution is -2.07. The number of nitrogens with zero attached hydrogens (tertiary/aromatic N) is 1. The monoisotopic (exact) mass is 215 g/mol. The van der Waals surface area contributed by atoms with E-state index in [4.69, 9.17) is 21.1 Å². The maximum absolute atomic E-state index is 5.69. The maximum atomic E-state index is 5.69. The van der Waals surface area contributed by atoms with Gasteiger partial charge in [0.25, 0.3) is 0 Å². The zero-order chi connectivity index (χ0) is 10.2. The summed E-state index contributed by atoms with van der Waals surface area (Å²) in [5, 5.41) is 0.442. The standard InChI is InChI=1S/C10H14ClNO2/c1-2-6-13-7-8-14-10-5-3-4-9(11)12-10/h3-5H,2,6-8H2,1H3. The van der Waals surface area contributed by atoms with Gasteiger partial charge in [-0.3, -0.25) is 0 Å². The van der Waals surface area contributed by atoms with E-state index in [9.17, 15) is 0 Å². The molecule has 0 atom stereocenters. The van der Waals surface area contributed by atoms with Gasteiger partial charge in [-0.05, 0) is 12.5 Å². The molecule has 1 rings (SSSR count). The van der Waals surface area contributed by atoms with Crippen LogP contribution in [0.4, 0.5) is 0 Å². The lowest BCUT2D eigenvalue weighted by molar-refractivity contribution is 0.0990. The molecule has 0 fully saturated rings. The molecule has 1 aromatic rings. The predicted octanol–water partition coefficient (Wildman–Crippen LogP) is 2.54. The number of hydrogen-bond acceptors (Lipinski definition) is 3. The fourth-order valence-corrected chi connectivity index (χ4v) is 1.08. The Bertz CT molecular complexity index is 268. The smallest absolute Gasteiger partial charge is 0.214 e. The van der Waals surface area contributed by atoms with Crippen molar-refractivity contribution >= 4 is 11.6 Å². The Hall–Kier alpha value is -0.800. The Morgan fingerprint density at radius 1 is 1.29 bits per heavy atom. The summed E-state index contributed by atoms with van der Waals surface area (Å²) in [7, 11) is 0. The molecule has 0 unspecified atom stereocenters. The molecule has 4 heteroatoms. The first-order chi connectivity index (χ1) is 6.83. The van der Waals surface area contributed by atoms with Crippen molar-refractivity contribution in [2.45, 2.75) is 13.3 Å². The molecule has 1 heterocycles. The highest BCUT2D eigenvalue weighted by Gasteiger charge is 1.95. The average molecular weight is 216 g/mol. The fourth-order valence-electron chi connectivity index (χ4n) is 0.922. The van der Waals surface area contributed by atoms with Gasteiger partial charge in [0.2, 0.25) is 5.88 Å². The summed E-state index contributed by atoms with van der Waals surface area (Å²) in [6, 6.07) is 5.28. The Labute approximate surface area is 89.0 Å². The summed E-state index contributed by atoms with van der Waals surface area (Å²) in [6.45, 7) is 3.93. The molecule has 14 heavy (non-hydrogen) atoms. The van der Waals surface area contributed by atoms with Gasteiger partial charge < -0.3 is 9.47 Å². The van der Waals surface area contributed by atoms with Crippen LogP contribution in [0.2, 0.25) is 5.15 Å². The first-order valence-corrected chi connectivity index (χ1v) is 5.04. The van der Waals surface area contributed by atoms with Gasteiger partial charge in [0.05, 0.1) is 6.61 Å². The van der Waals surface area contributed by atoms with E-state index in [1.54, 1.807) is 18.2 Å². The number of rotatable bonds is 6. The summed E-state index contributed by atoms with van der Waals surface area (Å²) in [5.41, 5.74) is 0. The van der Waals surface area contributed by atoms with Gasteiger partial charge in [-0.25, -0.2) is 4.98 Å². The lowest BCUT2D eigenvalue weighted by atomic mass is 10.5. The molecule has 1 aromatic heterocycles. The molecule has 0 aliphatic rings. The minimum Gasteiger partial charge on any atom is -0.475 e. The minimum atomic E-state index is 0.442. The summed E-state index contributed by atoms with van der Waals surface area (Å²) in [5.74, 6) is 0.539. The van der Waals surface area contributed by atoms with E-state index in [0.29, 0.717) is 24.2 Å². The Kier molecular flexibility index (Phi) is 5.33. The van der Waals surface area contributed by atoms with Gasteiger partial charge >= 0.3 is 0 Å². The molecule has 0 amide bonds. The molecule has 0 N–H and O–H groups in total. The second-order valence-electron chi connectivity index (χ2n) is 2.76. The molecular formula is C10H14ClNO2. The van der Waals surface area contributed by atoms with Crippen LogP contribution in [0, 0.1) is 0 Å². The minimum absolute atomic E-state index is 0.442. The molecule has 0 bridgehead atoms. The SMILES string of the molecule is CCCOCCOc1cccc(Cl)n1. The highest BCUT2D eigenvalue weighted by Crippen LogP contribution is 2.10. The van der Waals surface area contributed by atoms with Gasteiger partial charge in [0.15, 0.2) is 0 Å². The van der Waals surface area contributed by atoms with E-state index in [1.165, 1.54) is 0 Å².